The predicted octanol–water partition coefficient (Wildman–Crippen LogP) is 5.36. The number of aryl methyl sites for hydroxylation is 1. The van der Waals surface area contributed by atoms with Crippen LogP contribution in [0.1, 0.15) is 17.0 Å². The maximum Gasteiger partial charge on any atom is 0.219 e. The van der Waals surface area contributed by atoms with Crippen molar-refractivity contribution in [2.45, 2.75) is 6.92 Å². The molecular formula is C23H20N4O2. The second-order valence-electron chi connectivity index (χ2n) is 6.42. The van der Waals surface area contributed by atoms with Crippen molar-refractivity contribution in [3.8, 4) is 17.2 Å². The first-order valence-corrected chi connectivity index (χ1v) is 9.15. The fourth-order valence-electron chi connectivity index (χ4n) is 2.74. The molecule has 0 unspecified atom stereocenters. The molecule has 0 atom stereocenters. The molecule has 4 rings (SSSR count). The Bertz CT molecular complexity index is 1130. The molecule has 0 aliphatic rings. The van der Waals surface area contributed by atoms with E-state index < -0.39 is 0 Å². The molecule has 0 saturated carbocycles. The molecule has 29 heavy (non-hydrogen) atoms. The van der Waals surface area contributed by atoms with E-state index in [1.807, 2.05) is 73.7 Å². The van der Waals surface area contributed by atoms with Gasteiger partial charge in [-0.15, -0.1) is 0 Å². The first kappa shape index (κ1) is 18.4. The van der Waals surface area contributed by atoms with Gasteiger partial charge in [0.2, 0.25) is 5.89 Å². The van der Waals surface area contributed by atoms with Gasteiger partial charge in [-0.1, -0.05) is 18.2 Å². The van der Waals surface area contributed by atoms with Crippen LogP contribution in [0.3, 0.4) is 0 Å². The van der Waals surface area contributed by atoms with Gasteiger partial charge in [-0.05, 0) is 60.5 Å². The zero-order chi connectivity index (χ0) is 20.1. The SMILES string of the molecule is COc1ccc(C=Cc2ncc(-c3cccc(Nc4cc(C)ccn4)n3)o2)cc1. The maximum absolute atomic E-state index is 5.83. The van der Waals surface area contributed by atoms with Gasteiger partial charge in [0.15, 0.2) is 5.76 Å². The van der Waals surface area contributed by atoms with Crippen molar-refractivity contribution in [1.29, 1.82) is 0 Å². The molecule has 6 nitrogen and oxygen atoms in total. The molecule has 0 aliphatic carbocycles. The zero-order valence-corrected chi connectivity index (χ0v) is 16.2. The van der Waals surface area contributed by atoms with Gasteiger partial charge in [-0.25, -0.2) is 15.0 Å². The number of pyridine rings is 2. The third-order valence-electron chi connectivity index (χ3n) is 4.23. The molecule has 0 saturated heterocycles. The Labute approximate surface area is 168 Å². The Kier molecular flexibility index (Phi) is 5.33. The van der Waals surface area contributed by atoms with Crippen LogP contribution in [-0.2, 0) is 0 Å². The zero-order valence-electron chi connectivity index (χ0n) is 16.2. The van der Waals surface area contributed by atoms with Gasteiger partial charge in [0.25, 0.3) is 0 Å². The molecule has 4 aromatic rings. The highest BCUT2D eigenvalue weighted by atomic mass is 16.5. The van der Waals surface area contributed by atoms with Crippen LogP contribution < -0.4 is 10.1 Å². The fourth-order valence-corrected chi connectivity index (χ4v) is 2.74. The van der Waals surface area contributed by atoms with Gasteiger partial charge in [-0.3, -0.25) is 0 Å². The number of anilines is 2. The molecule has 1 aromatic carbocycles. The second kappa shape index (κ2) is 8.39. The topological polar surface area (TPSA) is 73.1 Å². The molecule has 0 radical (unpaired) electrons. The first-order valence-electron chi connectivity index (χ1n) is 9.15. The number of methoxy groups -OCH3 is 1. The summed E-state index contributed by atoms with van der Waals surface area (Å²) in [5, 5.41) is 3.21. The minimum atomic E-state index is 0.510. The Morgan fingerprint density at radius 1 is 0.966 bits per heavy atom. The number of nitrogens with one attached hydrogen (secondary N) is 1. The highest BCUT2D eigenvalue weighted by molar-refractivity contribution is 5.67. The monoisotopic (exact) mass is 384 g/mol. The average Bonchev–Trinajstić information content (AvgIpc) is 3.22. The molecule has 3 aromatic heterocycles. The summed E-state index contributed by atoms with van der Waals surface area (Å²) in [4.78, 5) is 13.2. The third-order valence-corrected chi connectivity index (χ3v) is 4.23. The molecule has 6 heteroatoms. The number of ether oxygens (including phenoxy) is 1. The number of oxazole rings is 1. The van der Waals surface area contributed by atoms with Crippen LogP contribution in [0.2, 0.25) is 0 Å². The van der Waals surface area contributed by atoms with Crippen LogP contribution >= 0.6 is 0 Å². The van der Waals surface area contributed by atoms with Gasteiger partial charge >= 0.3 is 0 Å². The highest BCUT2D eigenvalue weighted by Gasteiger charge is 2.07. The third kappa shape index (κ3) is 4.68. The predicted molar refractivity (Wildman–Crippen MR) is 114 cm³/mol. The van der Waals surface area contributed by atoms with Crippen LogP contribution in [0.25, 0.3) is 23.6 Å². The quantitative estimate of drug-likeness (QED) is 0.482. The lowest BCUT2D eigenvalue weighted by Gasteiger charge is -2.06. The Morgan fingerprint density at radius 3 is 2.62 bits per heavy atom. The van der Waals surface area contributed by atoms with E-state index in [0.29, 0.717) is 23.2 Å². The van der Waals surface area contributed by atoms with E-state index in [-0.39, 0.29) is 0 Å². The van der Waals surface area contributed by atoms with Gasteiger partial charge in [0, 0.05) is 12.3 Å². The summed E-state index contributed by atoms with van der Waals surface area (Å²) < 4.78 is 11.0. The fraction of sp³-hybridized carbons (Fsp3) is 0.0870. The summed E-state index contributed by atoms with van der Waals surface area (Å²) in [6.07, 6.45) is 7.19. The van der Waals surface area contributed by atoms with Crippen molar-refractivity contribution >= 4 is 23.8 Å². The summed E-state index contributed by atoms with van der Waals surface area (Å²) in [5.74, 6) is 3.36. The van der Waals surface area contributed by atoms with Crippen LogP contribution in [0.4, 0.5) is 11.6 Å². The van der Waals surface area contributed by atoms with Crippen LogP contribution in [0, 0.1) is 6.92 Å². The number of hydrogen-bond acceptors (Lipinski definition) is 6. The molecule has 144 valence electrons. The summed E-state index contributed by atoms with van der Waals surface area (Å²) in [5.41, 5.74) is 2.85. The average molecular weight is 384 g/mol. The van der Waals surface area contributed by atoms with Crippen molar-refractivity contribution in [1.82, 2.24) is 15.0 Å². The first-order chi connectivity index (χ1) is 14.2. The van der Waals surface area contributed by atoms with Gasteiger partial charge in [-0.2, -0.15) is 0 Å². The summed E-state index contributed by atoms with van der Waals surface area (Å²) >= 11 is 0. The Hall–Kier alpha value is -3.93. The van der Waals surface area contributed by atoms with Gasteiger partial charge in [0.1, 0.15) is 23.1 Å². The number of nitrogens with zero attached hydrogens (tertiary/aromatic N) is 3. The summed E-state index contributed by atoms with van der Waals surface area (Å²) in [7, 11) is 1.65. The van der Waals surface area contributed by atoms with E-state index in [1.165, 1.54) is 0 Å². The molecule has 0 bridgehead atoms. The molecule has 0 spiro atoms. The van der Waals surface area contributed by atoms with Crippen molar-refractivity contribution in [2.75, 3.05) is 12.4 Å². The van der Waals surface area contributed by atoms with E-state index in [4.69, 9.17) is 9.15 Å². The van der Waals surface area contributed by atoms with E-state index >= 15 is 0 Å². The van der Waals surface area contributed by atoms with Crippen molar-refractivity contribution < 1.29 is 9.15 Å². The molecule has 1 N–H and O–H groups in total. The molecule has 0 amide bonds. The van der Waals surface area contributed by atoms with Crippen molar-refractivity contribution in [3.63, 3.8) is 0 Å². The number of benzene rings is 1. The minimum absolute atomic E-state index is 0.510. The van der Waals surface area contributed by atoms with Crippen molar-refractivity contribution in [2.24, 2.45) is 0 Å². The molecule has 3 heterocycles. The lowest BCUT2D eigenvalue weighted by atomic mass is 10.2. The maximum atomic E-state index is 5.83. The van der Waals surface area contributed by atoms with Crippen molar-refractivity contribution in [3.05, 3.63) is 84.0 Å². The van der Waals surface area contributed by atoms with E-state index in [9.17, 15) is 0 Å². The van der Waals surface area contributed by atoms with E-state index in [2.05, 4.69) is 20.3 Å². The molecule has 0 aliphatic heterocycles. The smallest absolute Gasteiger partial charge is 0.219 e. The van der Waals surface area contributed by atoms with Gasteiger partial charge in [0.05, 0.1) is 13.3 Å². The van der Waals surface area contributed by atoms with E-state index in [1.54, 1.807) is 19.5 Å². The normalized spacial score (nSPS) is 11.0. The largest absolute Gasteiger partial charge is 0.497 e. The summed E-state index contributed by atoms with van der Waals surface area (Å²) in [6, 6.07) is 17.3. The highest BCUT2D eigenvalue weighted by Crippen LogP contribution is 2.22. The lowest BCUT2D eigenvalue weighted by molar-refractivity contribution is 0.415. The van der Waals surface area contributed by atoms with Gasteiger partial charge < -0.3 is 14.5 Å². The molecule has 0 fully saturated rings. The van der Waals surface area contributed by atoms with Crippen LogP contribution in [-0.4, -0.2) is 22.1 Å². The van der Waals surface area contributed by atoms with Crippen LogP contribution in [0.15, 0.2) is 71.4 Å². The second-order valence-corrected chi connectivity index (χ2v) is 6.42. The lowest BCUT2D eigenvalue weighted by Crippen LogP contribution is -1.96. The summed E-state index contributed by atoms with van der Waals surface area (Å²) in [6.45, 7) is 2.02. The Balaban J connectivity index is 1.49. The minimum Gasteiger partial charge on any atom is -0.497 e. The van der Waals surface area contributed by atoms with E-state index in [0.717, 1.165) is 22.7 Å². The Morgan fingerprint density at radius 2 is 1.83 bits per heavy atom. The number of aromatic nitrogens is 3. The van der Waals surface area contributed by atoms with Crippen LogP contribution in [0.5, 0.6) is 5.75 Å². The number of hydrogen-bond donors (Lipinski definition) is 1. The number of rotatable bonds is 6. The molecular weight excluding hydrogens is 364 g/mol. The standard InChI is InChI=1S/C23H20N4O2/c1-16-12-13-24-22(14-16)27-21-5-3-4-19(26-21)20-15-25-23(29-20)11-8-17-6-9-18(28-2)10-7-17/h3-15H,1-2H3,(H,24,26,27).